The second-order valence-electron chi connectivity index (χ2n) is 3.47. The van der Waals surface area contributed by atoms with Crippen LogP contribution in [0.1, 0.15) is 5.56 Å². The lowest BCUT2D eigenvalue weighted by Crippen LogP contribution is -2.29. The van der Waals surface area contributed by atoms with Gasteiger partial charge in [-0.1, -0.05) is 0 Å². The molecule has 1 atom stereocenters. The molecule has 0 spiro atoms. The molecule has 1 aromatic rings. The van der Waals surface area contributed by atoms with Crippen molar-refractivity contribution < 1.29 is 9.47 Å². The smallest absolute Gasteiger partial charge is 0.119 e. The number of benzene rings is 1. The zero-order valence-corrected chi connectivity index (χ0v) is 8.54. The molecule has 14 heavy (non-hydrogen) atoms. The minimum Gasteiger partial charge on any atom is -0.497 e. The lowest BCUT2D eigenvalue weighted by atomic mass is 10.0. The van der Waals surface area contributed by atoms with E-state index >= 15 is 0 Å². The fraction of sp³-hybridized carbons (Fsp3) is 0.455. The zero-order chi connectivity index (χ0) is 9.97. The van der Waals surface area contributed by atoms with Crippen LogP contribution >= 0.6 is 0 Å². The molecule has 2 rings (SSSR count). The maximum absolute atomic E-state index is 5.32. The average Bonchev–Trinajstić information content (AvgIpc) is 2.27. The van der Waals surface area contributed by atoms with Gasteiger partial charge in [-0.15, -0.1) is 0 Å². The Labute approximate surface area is 84.0 Å². The molecule has 1 aromatic carbocycles. The predicted octanol–water partition coefficient (Wildman–Crippen LogP) is 1.68. The second kappa shape index (κ2) is 3.88. The van der Waals surface area contributed by atoms with Gasteiger partial charge in [0, 0.05) is 25.8 Å². The molecule has 1 unspecified atom stereocenters. The van der Waals surface area contributed by atoms with Crippen LogP contribution in [0, 0.1) is 0 Å². The minimum atomic E-state index is 0.273. The van der Waals surface area contributed by atoms with Gasteiger partial charge < -0.3 is 14.8 Å². The number of fused-ring (bicyclic) bond motifs is 1. The van der Waals surface area contributed by atoms with Crippen molar-refractivity contribution in [2.45, 2.75) is 12.5 Å². The largest absolute Gasteiger partial charge is 0.497 e. The summed E-state index contributed by atoms with van der Waals surface area (Å²) in [6.07, 6.45) is 1.23. The molecule has 0 saturated carbocycles. The van der Waals surface area contributed by atoms with E-state index in [1.165, 1.54) is 11.3 Å². The summed E-state index contributed by atoms with van der Waals surface area (Å²) in [6.45, 7) is 0.885. The first-order valence-electron chi connectivity index (χ1n) is 4.77. The molecule has 3 nitrogen and oxygen atoms in total. The van der Waals surface area contributed by atoms with Gasteiger partial charge in [-0.2, -0.15) is 0 Å². The molecule has 76 valence electrons. The Balaban J connectivity index is 2.25. The van der Waals surface area contributed by atoms with Gasteiger partial charge in [-0.25, -0.2) is 0 Å². The monoisotopic (exact) mass is 193 g/mol. The molecule has 0 fully saturated rings. The topological polar surface area (TPSA) is 30.5 Å². The van der Waals surface area contributed by atoms with E-state index in [9.17, 15) is 0 Å². The summed E-state index contributed by atoms with van der Waals surface area (Å²) in [5.74, 6) is 0.905. The first-order valence-corrected chi connectivity index (χ1v) is 4.77. The maximum atomic E-state index is 5.32. The van der Waals surface area contributed by atoms with Crippen LogP contribution in [0.4, 0.5) is 5.69 Å². The average molecular weight is 193 g/mol. The van der Waals surface area contributed by atoms with E-state index in [0.717, 1.165) is 18.7 Å². The van der Waals surface area contributed by atoms with Crippen LogP contribution in [0.25, 0.3) is 0 Å². The fourth-order valence-corrected chi connectivity index (χ4v) is 1.75. The third kappa shape index (κ3) is 1.68. The van der Waals surface area contributed by atoms with E-state index in [0.29, 0.717) is 0 Å². The quantitative estimate of drug-likeness (QED) is 0.775. The minimum absolute atomic E-state index is 0.273. The van der Waals surface area contributed by atoms with E-state index in [1.54, 1.807) is 14.2 Å². The van der Waals surface area contributed by atoms with Crippen LogP contribution in [-0.2, 0) is 11.2 Å². The van der Waals surface area contributed by atoms with Crippen molar-refractivity contribution in [1.82, 2.24) is 0 Å². The Morgan fingerprint density at radius 2 is 2.21 bits per heavy atom. The van der Waals surface area contributed by atoms with Crippen LogP contribution in [-0.4, -0.2) is 26.9 Å². The second-order valence-corrected chi connectivity index (χ2v) is 3.47. The normalized spacial score (nSPS) is 19.7. The highest BCUT2D eigenvalue weighted by molar-refractivity contribution is 5.56. The number of hydrogen-bond acceptors (Lipinski definition) is 3. The van der Waals surface area contributed by atoms with Crippen molar-refractivity contribution in [3.8, 4) is 5.75 Å². The number of methoxy groups -OCH3 is 2. The van der Waals surface area contributed by atoms with E-state index in [-0.39, 0.29) is 6.10 Å². The lowest BCUT2D eigenvalue weighted by molar-refractivity contribution is 0.111. The first kappa shape index (κ1) is 9.34. The number of rotatable bonds is 2. The number of hydrogen-bond donors (Lipinski definition) is 1. The van der Waals surface area contributed by atoms with E-state index in [1.807, 2.05) is 6.07 Å². The van der Waals surface area contributed by atoms with E-state index < -0.39 is 0 Å². The van der Waals surface area contributed by atoms with Crippen molar-refractivity contribution in [2.24, 2.45) is 0 Å². The molecule has 1 heterocycles. The number of ether oxygens (including phenoxy) is 2. The number of anilines is 1. The molecular formula is C11H15NO2. The summed E-state index contributed by atoms with van der Waals surface area (Å²) >= 11 is 0. The van der Waals surface area contributed by atoms with Gasteiger partial charge >= 0.3 is 0 Å². The highest BCUT2D eigenvalue weighted by atomic mass is 16.5. The van der Waals surface area contributed by atoms with E-state index in [2.05, 4.69) is 17.4 Å². The molecule has 1 N–H and O–H groups in total. The van der Waals surface area contributed by atoms with Gasteiger partial charge in [-0.05, 0) is 23.8 Å². The van der Waals surface area contributed by atoms with Crippen LogP contribution in [0.2, 0.25) is 0 Å². The third-order valence-electron chi connectivity index (χ3n) is 2.61. The number of nitrogens with one attached hydrogen (secondary N) is 1. The molecule has 1 aliphatic rings. The van der Waals surface area contributed by atoms with Crippen molar-refractivity contribution in [3.63, 3.8) is 0 Å². The molecule has 0 amide bonds. The van der Waals surface area contributed by atoms with Crippen LogP contribution in [0.15, 0.2) is 18.2 Å². The Morgan fingerprint density at radius 1 is 1.36 bits per heavy atom. The Bertz CT molecular complexity index is 325. The van der Waals surface area contributed by atoms with Crippen molar-refractivity contribution in [2.75, 3.05) is 26.1 Å². The van der Waals surface area contributed by atoms with Gasteiger partial charge in [-0.3, -0.25) is 0 Å². The molecular weight excluding hydrogens is 178 g/mol. The summed E-state index contributed by atoms with van der Waals surface area (Å²) in [4.78, 5) is 0. The van der Waals surface area contributed by atoms with E-state index in [4.69, 9.17) is 9.47 Å². The predicted molar refractivity (Wildman–Crippen MR) is 56.0 cm³/mol. The summed E-state index contributed by atoms with van der Waals surface area (Å²) in [6, 6.07) is 6.09. The molecule has 0 radical (unpaired) electrons. The van der Waals surface area contributed by atoms with Crippen LogP contribution in [0.5, 0.6) is 5.75 Å². The van der Waals surface area contributed by atoms with Crippen molar-refractivity contribution in [1.29, 1.82) is 0 Å². The SMILES string of the molecule is COc1ccc2c(c1)CC(OC)CN2. The summed E-state index contributed by atoms with van der Waals surface area (Å²) in [5, 5.41) is 3.33. The first-order chi connectivity index (χ1) is 6.83. The summed E-state index contributed by atoms with van der Waals surface area (Å²) in [7, 11) is 3.43. The maximum Gasteiger partial charge on any atom is 0.119 e. The molecule has 3 heteroatoms. The highest BCUT2D eigenvalue weighted by Crippen LogP contribution is 2.26. The molecule has 0 saturated heterocycles. The van der Waals surface area contributed by atoms with Crippen molar-refractivity contribution >= 4 is 5.69 Å². The molecule has 0 aromatic heterocycles. The molecule has 0 bridgehead atoms. The van der Waals surface area contributed by atoms with Gasteiger partial charge in [0.1, 0.15) is 5.75 Å². The van der Waals surface area contributed by atoms with Crippen LogP contribution in [0.3, 0.4) is 0 Å². The zero-order valence-electron chi connectivity index (χ0n) is 8.54. The van der Waals surface area contributed by atoms with Gasteiger partial charge in [0.2, 0.25) is 0 Å². The summed E-state index contributed by atoms with van der Waals surface area (Å²) < 4.78 is 10.5. The fourth-order valence-electron chi connectivity index (χ4n) is 1.75. The standard InChI is InChI=1S/C11H15NO2/c1-13-9-3-4-11-8(5-9)6-10(14-2)7-12-11/h3-5,10,12H,6-7H2,1-2H3. The van der Waals surface area contributed by atoms with Gasteiger partial charge in [0.15, 0.2) is 0 Å². The van der Waals surface area contributed by atoms with Gasteiger partial charge in [0.25, 0.3) is 0 Å². The molecule has 1 aliphatic heterocycles. The Kier molecular flexibility index (Phi) is 2.59. The third-order valence-corrected chi connectivity index (χ3v) is 2.61. The highest BCUT2D eigenvalue weighted by Gasteiger charge is 2.17. The Hall–Kier alpha value is -1.22. The Morgan fingerprint density at radius 3 is 2.93 bits per heavy atom. The van der Waals surface area contributed by atoms with Gasteiger partial charge in [0.05, 0.1) is 13.2 Å². The summed E-state index contributed by atoms with van der Waals surface area (Å²) in [5.41, 5.74) is 2.46. The molecule has 0 aliphatic carbocycles. The lowest BCUT2D eigenvalue weighted by Gasteiger charge is -2.25. The van der Waals surface area contributed by atoms with Crippen LogP contribution < -0.4 is 10.1 Å². The van der Waals surface area contributed by atoms with Crippen molar-refractivity contribution in [3.05, 3.63) is 23.8 Å².